The lowest BCUT2D eigenvalue weighted by Gasteiger charge is -2.21. The number of rotatable bonds is 9. The van der Waals surface area contributed by atoms with E-state index in [1.54, 1.807) is 17.0 Å². The van der Waals surface area contributed by atoms with Crippen LogP contribution in [0.4, 0.5) is 0 Å². The Bertz CT molecular complexity index is 552. The van der Waals surface area contributed by atoms with Crippen molar-refractivity contribution in [1.29, 1.82) is 0 Å². The van der Waals surface area contributed by atoms with Crippen molar-refractivity contribution < 1.29 is 13.2 Å². The summed E-state index contributed by atoms with van der Waals surface area (Å²) in [5, 5.41) is 0. The number of nitrogens with one attached hydrogen (secondary N) is 1. The van der Waals surface area contributed by atoms with Crippen LogP contribution in [-0.4, -0.2) is 38.9 Å². The van der Waals surface area contributed by atoms with E-state index in [1.807, 2.05) is 6.92 Å². The van der Waals surface area contributed by atoms with Crippen LogP contribution < -0.4 is 4.72 Å². The number of unbranched alkanes of at least 4 members (excludes halogenated alkanes) is 2. The van der Waals surface area contributed by atoms with Crippen LogP contribution in [0.15, 0.2) is 16.3 Å². The van der Waals surface area contributed by atoms with E-state index in [2.05, 4.69) is 11.6 Å². The van der Waals surface area contributed by atoms with Crippen molar-refractivity contribution in [3.8, 4) is 0 Å². The van der Waals surface area contributed by atoms with Gasteiger partial charge in [0.05, 0.1) is 0 Å². The van der Waals surface area contributed by atoms with Crippen LogP contribution in [0.5, 0.6) is 0 Å². The van der Waals surface area contributed by atoms with Crippen molar-refractivity contribution in [2.45, 2.75) is 44.2 Å². The summed E-state index contributed by atoms with van der Waals surface area (Å²) in [5.74, 6) is -0.0164. The maximum absolute atomic E-state index is 12.1. The molecule has 0 aliphatic carbocycles. The fourth-order valence-corrected chi connectivity index (χ4v) is 4.27. The maximum atomic E-state index is 12.1. The summed E-state index contributed by atoms with van der Waals surface area (Å²) < 4.78 is 27.0. The zero-order valence-electron chi connectivity index (χ0n) is 12.9. The molecule has 120 valence electrons. The van der Waals surface area contributed by atoms with E-state index < -0.39 is 10.0 Å². The Kier molecular flexibility index (Phi) is 7.34. The van der Waals surface area contributed by atoms with Gasteiger partial charge in [-0.15, -0.1) is 11.3 Å². The van der Waals surface area contributed by atoms with Gasteiger partial charge in [-0.05, 0) is 25.5 Å². The quantitative estimate of drug-likeness (QED) is 0.706. The lowest BCUT2D eigenvalue weighted by Crippen LogP contribution is -2.37. The Labute approximate surface area is 131 Å². The fraction of sp³-hybridized carbons (Fsp3) is 0.643. The molecule has 0 aliphatic rings. The van der Waals surface area contributed by atoms with Crippen molar-refractivity contribution in [1.82, 2.24) is 9.62 Å². The topological polar surface area (TPSA) is 66.5 Å². The Morgan fingerprint density at radius 3 is 2.52 bits per heavy atom. The van der Waals surface area contributed by atoms with E-state index in [0.29, 0.717) is 17.3 Å². The molecule has 1 N–H and O–H groups in total. The van der Waals surface area contributed by atoms with Gasteiger partial charge < -0.3 is 4.90 Å². The highest BCUT2D eigenvalue weighted by Gasteiger charge is 2.16. The zero-order valence-corrected chi connectivity index (χ0v) is 14.5. The first kappa shape index (κ1) is 18.1. The molecule has 0 spiro atoms. The Hall–Kier alpha value is -0.920. The third-order valence-corrected chi connectivity index (χ3v) is 6.08. The molecule has 0 aromatic carbocycles. The molecule has 0 fully saturated rings. The van der Waals surface area contributed by atoms with Crippen molar-refractivity contribution in [2.75, 3.05) is 19.6 Å². The second-order valence-corrected chi connectivity index (χ2v) is 8.26. The average Bonchev–Trinajstić information content (AvgIpc) is 2.84. The van der Waals surface area contributed by atoms with Crippen molar-refractivity contribution in [3.05, 3.63) is 17.0 Å². The molecule has 7 heteroatoms. The van der Waals surface area contributed by atoms with Crippen molar-refractivity contribution in [3.63, 3.8) is 0 Å². The number of hydrogen-bond acceptors (Lipinski definition) is 4. The Balaban J connectivity index is 2.48. The van der Waals surface area contributed by atoms with Gasteiger partial charge in [-0.2, -0.15) is 0 Å². The molecule has 0 saturated heterocycles. The maximum Gasteiger partial charge on any atom is 0.250 e. The van der Waals surface area contributed by atoms with Crippen LogP contribution in [0.1, 0.15) is 38.0 Å². The molecule has 5 nitrogen and oxygen atoms in total. The minimum atomic E-state index is -3.46. The van der Waals surface area contributed by atoms with Gasteiger partial charge in [-0.3, -0.25) is 4.79 Å². The minimum absolute atomic E-state index is 0.0164. The van der Waals surface area contributed by atoms with E-state index in [0.717, 1.165) is 24.1 Å². The van der Waals surface area contributed by atoms with E-state index >= 15 is 0 Å². The van der Waals surface area contributed by atoms with Gasteiger partial charge in [0.2, 0.25) is 15.9 Å². The second kappa shape index (κ2) is 8.51. The van der Waals surface area contributed by atoms with E-state index in [4.69, 9.17) is 0 Å². The Morgan fingerprint density at radius 2 is 2.00 bits per heavy atom. The van der Waals surface area contributed by atoms with Gasteiger partial charge in [0, 0.05) is 31.4 Å². The van der Waals surface area contributed by atoms with Gasteiger partial charge in [0.1, 0.15) is 4.21 Å². The average molecular weight is 332 g/mol. The highest BCUT2D eigenvalue weighted by molar-refractivity contribution is 7.91. The van der Waals surface area contributed by atoms with E-state index in [1.165, 1.54) is 18.3 Å². The number of carbonyl (C=O) groups excluding carboxylic acids is 1. The van der Waals surface area contributed by atoms with Gasteiger partial charge in [0.15, 0.2) is 0 Å². The molecule has 0 unspecified atom stereocenters. The lowest BCUT2D eigenvalue weighted by molar-refractivity contribution is -0.128. The first-order valence-electron chi connectivity index (χ1n) is 7.18. The van der Waals surface area contributed by atoms with E-state index in [-0.39, 0.29) is 12.5 Å². The van der Waals surface area contributed by atoms with Gasteiger partial charge in [-0.1, -0.05) is 19.8 Å². The summed E-state index contributed by atoms with van der Waals surface area (Å²) in [6.45, 7) is 6.82. The normalized spacial score (nSPS) is 11.6. The third kappa shape index (κ3) is 6.15. The predicted octanol–water partition coefficient (Wildman–Crippen LogP) is 2.37. The highest BCUT2D eigenvalue weighted by Crippen LogP contribution is 2.19. The van der Waals surface area contributed by atoms with Crippen LogP contribution in [0, 0.1) is 6.92 Å². The second-order valence-electron chi connectivity index (χ2n) is 4.98. The first-order chi connectivity index (χ1) is 9.86. The zero-order chi connectivity index (χ0) is 15.9. The molecule has 1 rings (SSSR count). The molecule has 0 atom stereocenters. The summed E-state index contributed by atoms with van der Waals surface area (Å²) in [6.07, 6.45) is 3.12. The summed E-state index contributed by atoms with van der Waals surface area (Å²) in [4.78, 5) is 14.2. The van der Waals surface area contributed by atoms with Gasteiger partial charge in [0.25, 0.3) is 0 Å². The molecule has 1 heterocycles. The molecule has 0 aliphatic heterocycles. The first-order valence-corrected chi connectivity index (χ1v) is 9.48. The number of hydrogen-bond donors (Lipinski definition) is 1. The monoisotopic (exact) mass is 332 g/mol. The van der Waals surface area contributed by atoms with Crippen LogP contribution in [-0.2, 0) is 14.8 Å². The number of carbonyl (C=O) groups is 1. The van der Waals surface area contributed by atoms with E-state index in [9.17, 15) is 13.2 Å². The van der Waals surface area contributed by atoms with Crippen LogP contribution >= 0.6 is 11.3 Å². The molecule has 1 amide bonds. The minimum Gasteiger partial charge on any atom is -0.342 e. The molecule has 0 bridgehead atoms. The van der Waals surface area contributed by atoms with Crippen LogP contribution in [0.25, 0.3) is 0 Å². The molecular formula is C14H24N2O3S2. The predicted molar refractivity (Wildman–Crippen MR) is 86.0 cm³/mol. The summed E-state index contributed by atoms with van der Waals surface area (Å²) in [5.41, 5.74) is 0. The number of amides is 1. The molecule has 1 aromatic heterocycles. The molecule has 0 radical (unpaired) electrons. The Morgan fingerprint density at radius 1 is 1.29 bits per heavy atom. The van der Waals surface area contributed by atoms with Crippen LogP contribution in [0.3, 0.4) is 0 Å². The highest BCUT2D eigenvalue weighted by atomic mass is 32.2. The fourth-order valence-electron chi connectivity index (χ4n) is 1.92. The SMILES string of the molecule is CCCCCN(CCNS(=O)(=O)c1ccc(C)s1)C(C)=O. The third-order valence-electron chi connectivity index (χ3n) is 3.13. The summed E-state index contributed by atoms with van der Waals surface area (Å²) in [7, 11) is -3.46. The van der Waals surface area contributed by atoms with Crippen LogP contribution in [0.2, 0.25) is 0 Å². The van der Waals surface area contributed by atoms with Crippen molar-refractivity contribution >= 4 is 27.3 Å². The molecule has 0 saturated carbocycles. The van der Waals surface area contributed by atoms with Gasteiger partial charge >= 0.3 is 0 Å². The van der Waals surface area contributed by atoms with Crippen molar-refractivity contribution in [2.24, 2.45) is 0 Å². The number of sulfonamides is 1. The largest absolute Gasteiger partial charge is 0.342 e. The molecule has 1 aromatic rings. The number of aryl methyl sites for hydroxylation is 1. The summed E-state index contributed by atoms with van der Waals surface area (Å²) >= 11 is 1.25. The smallest absolute Gasteiger partial charge is 0.250 e. The summed E-state index contributed by atoms with van der Waals surface area (Å²) in [6, 6.07) is 3.39. The molecule has 21 heavy (non-hydrogen) atoms. The molecular weight excluding hydrogens is 308 g/mol. The number of thiophene rings is 1. The van der Waals surface area contributed by atoms with Gasteiger partial charge in [-0.25, -0.2) is 13.1 Å². The standard InChI is InChI=1S/C14H24N2O3S2/c1-4-5-6-10-16(13(3)17)11-9-15-21(18,19)14-8-7-12(2)20-14/h7-8,15H,4-6,9-11H2,1-3H3. The number of nitrogens with zero attached hydrogens (tertiary/aromatic N) is 1. The lowest BCUT2D eigenvalue weighted by atomic mass is 10.2.